The van der Waals surface area contributed by atoms with Crippen molar-refractivity contribution in [3.63, 3.8) is 0 Å². The molecule has 5 aromatic rings. The van der Waals surface area contributed by atoms with Crippen molar-refractivity contribution >= 4 is 46.7 Å². The summed E-state index contributed by atoms with van der Waals surface area (Å²) in [4.78, 5) is 47.4. The molecule has 0 spiro atoms. The molecular weight excluding hydrogens is 562 g/mol. The molecular formula is C34H26ClN5O3. The monoisotopic (exact) mass is 587 g/mol. The topological polar surface area (TPSA) is 88.7 Å². The second-order valence-corrected chi connectivity index (χ2v) is 10.4. The predicted molar refractivity (Wildman–Crippen MR) is 170 cm³/mol. The number of carbonyl (C=O) groups is 2. The van der Waals surface area contributed by atoms with E-state index in [-0.39, 0.29) is 22.5 Å². The Morgan fingerprint density at radius 1 is 0.837 bits per heavy atom. The summed E-state index contributed by atoms with van der Waals surface area (Å²) >= 11 is 6.05. The van der Waals surface area contributed by atoms with Gasteiger partial charge in [-0.25, -0.2) is 9.67 Å². The molecule has 1 aromatic heterocycles. The smallest absolute Gasteiger partial charge is 0.295 e. The number of nitrogens with zero attached hydrogens (tertiary/aromatic N) is 4. The fraction of sp³-hybridized carbons (Fsp3) is 0.0588. The van der Waals surface area contributed by atoms with E-state index < -0.39 is 11.8 Å². The van der Waals surface area contributed by atoms with Gasteiger partial charge in [0.05, 0.1) is 22.6 Å². The highest BCUT2D eigenvalue weighted by Crippen LogP contribution is 2.31. The van der Waals surface area contributed by atoms with Crippen LogP contribution in [0.2, 0.25) is 5.02 Å². The molecule has 4 aromatic carbocycles. The summed E-state index contributed by atoms with van der Waals surface area (Å²) in [6, 6.07) is 32.3. The zero-order chi connectivity index (χ0) is 30.1. The molecule has 0 unspecified atom stereocenters. The van der Waals surface area contributed by atoms with Crippen LogP contribution >= 0.6 is 11.6 Å². The van der Waals surface area contributed by atoms with Crippen molar-refractivity contribution in [2.24, 2.45) is 12.0 Å². The van der Waals surface area contributed by atoms with E-state index in [9.17, 15) is 14.4 Å². The molecule has 0 aliphatic carbocycles. The molecule has 0 atom stereocenters. The van der Waals surface area contributed by atoms with Gasteiger partial charge in [-0.2, -0.15) is 0 Å². The number of hydrogen-bond donors (Lipinski definition) is 1. The number of aromatic nitrogens is 2. The van der Waals surface area contributed by atoms with Crippen molar-refractivity contribution in [1.29, 1.82) is 0 Å². The van der Waals surface area contributed by atoms with E-state index in [0.29, 0.717) is 33.5 Å². The first-order valence-corrected chi connectivity index (χ1v) is 13.9. The standard InChI is InChI=1S/C34H26ClN5O3/c1-22-30(34(43)40(38(22)2)26-13-7-4-8-14-26)37-32(41)27-15-9-10-16-29(27)39-31(24-11-5-3-6-12-24)36-28(33(39)42)21-23-17-19-25(35)20-18-23/h3-21H,1-2H3,(H,37,41). The second-order valence-electron chi connectivity index (χ2n) is 9.93. The molecule has 6 rings (SSSR count). The van der Waals surface area contributed by atoms with Gasteiger partial charge in [0.2, 0.25) is 0 Å². The largest absolute Gasteiger partial charge is 0.316 e. The maximum atomic E-state index is 13.9. The van der Waals surface area contributed by atoms with E-state index in [2.05, 4.69) is 5.32 Å². The Hall–Kier alpha value is -5.47. The number of amides is 2. The van der Waals surface area contributed by atoms with Crippen LogP contribution in [0.15, 0.2) is 125 Å². The number of carbonyl (C=O) groups excluding carboxylic acids is 2. The van der Waals surface area contributed by atoms with Crippen molar-refractivity contribution in [1.82, 2.24) is 9.36 Å². The minimum absolute atomic E-state index is 0.152. The van der Waals surface area contributed by atoms with Crippen LogP contribution in [-0.2, 0) is 11.8 Å². The van der Waals surface area contributed by atoms with Gasteiger partial charge < -0.3 is 5.32 Å². The highest BCUT2D eigenvalue weighted by molar-refractivity contribution is 6.34. The van der Waals surface area contributed by atoms with Gasteiger partial charge in [-0.1, -0.05) is 84.4 Å². The van der Waals surface area contributed by atoms with Crippen LogP contribution < -0.4 is 15.8 Å². The van der Waals surface area contributed by atoms with Crippen LogP contribution in [0.1, 0.15) is 27.2 Å². The lowest BCUT2D eigenvalue weighted by atomic mass is 10.1. The molecule has 212 valence electrons. The number of amidine groups is 1. The molecule has 1 aliphatic heterocycles. The molecule has 1 N–H and O–H groups in total. The third-order valence-electron chi connectivity index (χ3n) is 7.25. The van der Waals surface area contributed by atoms with Gasteiger partial charge in [0.1, 0.15) is 17.2 Å². The maximum Gasteiger partial charge on any atom is 0.295 e. The summed E-state index contributed by atoms with van der Waals surface area (Å²) in [5, 5.41) is 3.40. The number of nitrogens with one attached hydrogen (secondary N) is 1. The minimum Gasteiger partial charge on any atom is -0.316 e. The number of halogens is 1. The normalized spacial score (nSPS) is 13.8. The van der Waals surface area contributed by atoms with Gasteiger partial charge in [0.25, 0.3) is 17.4 Å². The van der Waals surface area contributed by atoms with Crippen molar-refractivity contribution in [2.45, 2.75) is 6.92 Å². The van der Waals surface area contributed by atoms with E-state index in [4.69, 9.17) is 16.6 Å². The van der Waals surface area contributed by atoms with Crippen molar-refractivity contribution < 1.29 is 9.59 Å². The quantitative estimate of drug-likeness (QED) is 0.239. The molecule has 8 nitrogen and oxygen atoms in total. The average Bonchev–Trinajstić information content (AvgIpc) is 3.46. The number of benzene rings is 4. The Labute approximate surface area is 252 Å². The summed E-state index contributed by atoms with van der Waals surface area (Å²) in [7, 11) is 1.76. The Morgan fingerprint density at radius 3 is 2.16 bits per heavy atom. The number of rotatable bonds is 6. The summed E-state index contributed by atoms with van der Waals surface area (Å²) < 4.78 is 3.19. The van der Waals surface area contributed by atoms with E-state index in [1.807, 2.05) is 60.7 Å². The van der Waals surface area contributed by atoms with Gasteiger partial charge in [-0.05, 0) is 55.0 Å². The van der Waals surface area contributed by atoms with Crippen molar-refractivity contribution in [3.8, 4) is 5.69 Å². The third-order valence-corrected chi connectivity index (χ3v) is 7.50. The Balaban J connectivity index is 1.41. The summed E-state index contributed by atoms with van der Waals surface area (Å²) in [6.45, 7) is 1.76. The molecule has 0 saturated heterocycles. The second kappa shape index (κ2) is 11.4. The molecule has 43 heavy (non-hydrogen) atoms. The fourth-order valence-electron chi connectivity index (χ4n) is 4.99. The van der Waals surface area contributed by atoms with Crippen molar-refractivity contribution in [3.05, 3.63) is 153 Å². The molecule has 0 bridgehead atoms. The van der Waals surface area contributed by atoms with Gasteiger partial charge in [-0.3, -0.25) is 24.0 Å². The average molecular weight is 588 g/mol. The molecule has 0 saturated carbocycles. The van der Waals surface area contributed by atoms with E-state index in [1.54, 1.807) is 73.3 Å². The molecule has 0 fully saturated rings. The van der Waals surface area contributed by atoms with Crippen LogP contribution in [-0.4, -0.2) is 27.0 Å². The molecule has 2 heterocycles. The highest BCUT2D eigenvalue weighted by atomic mass is 35.5. The number of anilines is 2. The number of aliphatic imine (C=N–C) groups is 1. The SMILES string of the molecule is Cc1c(NC(=O)c2ccccc2N2C(=O)C(=Cc3ccc(Cl)cc3)N=C2c2ccccc2)c(=O)n(-c2ccccc2)n1C. The van der Waals surface area contributed by atoms with Crippen LogP contribution in [0.3, 0.4) is 0 Å². The van der Waals surface area contributed by atoms with Gasteiger partial charge in [0, 0.05) is 17.6 Å². The van der Waals surface area contributed by atoms with Crippen LogP contribution in [0.25, 0.3) is 11.8 Å². The predicted octanol–water partition coefficient (Wildman–Crippen LogP) is 6.22. The lowest BCUT2D eigenvalue weighted by molar-refractivity contribution is -0.113. The first-order valence-electron chi connectivity index (χ1n) is 13.5. The van der Waals surface area contributed by atoms with Crippen molar-refractivity contribution in [2.75, 3.05) is 10.2 Å². The van der Waals surface area contributed by atoms with Gasteiger partial charge >= 0.3 is 0 Å². The zero-order valence-electron chi connectivity index (χ0n) is 23.4. The first-order chi connectivity index (χ1) is 20.8. The van der Waals surface area contributed by atoms with Gasteiger partial charge in [-0.15, -0.1) is 0 Å². The zero-order valence-corrected chi connectivity index (χ0v) is 24.1. The van der Waals surface area contributed by atoms with Crippen LogP contribution in [0.4, 0.5) is 11.4 Å². The number of hydrogen-bond acceptors (Lipinski definition) is 4. The minimum atomic E-state index is -0.531. The Morgan fingerprint density at radius 2 is 1.47 bits per heavy atom. The lowest BCUT2D eigenvalue weighted by Gasteiger charge is -2.21. The van der Waals surface area contributed by atoms with Crippen LogP contribution in [0.5, 0.6) is 0 Å². The van der Waals surface area contributed by atoms with E-state index in [0.717, 1.165) is 5.56 Å². The third kappa shape index (κ3) is 5.20. The fourth-order valence-corrected chi connectivity index (χ4v) is 5.12. The summed E-state index contributed by atoms with van der Waals surface area (Å²) in [5.74, 6) is -0.540. The Bertz CT molecular complexity index is 1970. The highest BCUT2D eigenvalue weighted by Gasteiger charge is 2.35. The number of para-hydroxylation sites is 2. The Kier molecular flexibility index (Phi) is 7.36. The van der Waals surface area contributed by atoms with Crippen LogP contribution in [0, 0.1) is 6.92 Å². The van der Waals surface area contributed by atoms with E-state index >= 15 is 0 Å². The molecule has 9 heteroatoms. The molecule has 2 amide bonds. The van der Waals surface area contributed by atoms with Gasteiger partial charge in [0.15, 0.2) is 0 Å². The summed E-state index contributed by atoms with van der Waals surface area (Å²) in [5.41, 5.74) is 3.25. The van der Waals surface area contributed by atoms with E-state index in [1.165, 1.54) is 9.58 Å². The summed E-state index contributed by atoms with van der Waals surface area (Å²) in [6.07, 6.45) is 1.68. The first kappa shape index (κ1) is 27.7. The lowest BCUT2D eigenvalue weighted by Crippen LogP contribution is -2.34. The molecule has 1 aliphatic rings. The molecule has 0 radical (unpaired) electrons. The maximum absolute atomic E-state index is 13.9.